The molecule has 8 heteroatoms. The number of nitrogens with zero attached hydrogens (tertiary/aromatic N) is 2. The van der Waals surface area contributed by atoms with Crippen LogP contribution in [0, 0.1) is 20.8 Å². The molecule has 1 saturated heterocycles. The van der Waals surface area contributed by atoms with Crippen LogP contribution in [-0.4, -0.2) is 33.5 Å². The highest BCUT2D eigenvalue weighted by Gasteiger charge is 2.37. The lowest BCUT2D eigenvalue weighted by Crippen LogP contribution is -2.54. The van der Waals surface area contributed by atoms with Crippen molar-refractivity contribution < 1.29 is 24.3 Å². The Morgan fingerprint density at radius 3 is 2.37 bits per heavy atom. The Bertz CT molecular complexity index is 1430. The summed E-state index contributed by atoms with van der Waals surface area (Å²) in [4.78, 5) is 50.9. The van der Waals surface area contributed by atoms with Gasteiger partial charge in [0.15, 0.2) is 0 Å². The van der Waals surface area contributed by atoms with Crippen molar-refractivity contribution in [2.45, 2.75) is 34.1 Å². The summed E-state index contributed by atoms with van der Waals surface area (Å²) in [6, 6.07) is 13.0. The number of para-hydroxylation sites is 1. The van der Waals surface area contributed by atoms with Crippen molar-refractivity contribution in [1.29, 1.82) is 0 Å². The van der Waals surface area contributed by atoms with Gasteiger partial charge in [-0.25, -0.2) is 14.5 Å². The van der Waals surface area contributed by atoms with E-state index in [1.165, 1.54) is 12.1 Å². The number of hydrogen-bond acceptors (Lipinski definition) is 4. The normalized spacial score (nSPS) is 15.0. The summed E-state index contributed by atoms with van der Waals surface area (Å²) in [6.07, 6.45) is 2.10. The number of hydrogen-bond donors (Lipinski definition) is 2. The molecule has 4 rings (SSSR count). The number of rotatable bonds is 5. The second-order valence-corrected chi connectivity index (χ2v) is 8.41. The maximum absolute atomic E-state index is 13.4. The number of carboxylic acid groups (broad SMARTS) is 1. The summed E-state index contributed by atoms with van der Waals surface area (Å²) >= 11 is 0. The molecule has 1 fully saturated rings. The van der Waals surface area contributed by atoms with Crippen LogP contribution in [0.5, 0.6) is 0 Å². The van der Waals surface area contributed by atoms with E-state index in [1.54, 1.807) is 24.3 Å². The summed E-state index contributed by atoms with van der Waals surface area (Å²) < 4.78 is 1.94. The van der Waals surface area contributed by atoms with Gasteiger partial charge in [-0.05, 0) is 80.3 Å². The SMILES string of the molecule is CCc1ccccc1N1C(=O)NC(=O)/C(=C\c2cc(C)n(-c3ccc(C(=O)O)cc3C)c2C)C1=O. The van der Waals surface area contributed by atoms with Gasteiger partial charge in [-0.2, -0.15) is 0 Å². The summed E-state index contributed by atoms with van der Waals surface area (Å²) in [5, 5.41) is 11.5. The molecule has 2 N–H and O–H groups in total. The molecule has 0 unspecified atom stereocenters. The van der Waals surface area contributed by atoms with E-state index < -0.39 is 23.8 Å². The molecule has 2 aromatic carbocycles. The highest BCUT2D eigenvalue weighted by molar-refractivity contribution is 6.39. The second kappa shape index (κ2) is 9.06. The fourth-order valence-electron chi connectivity index (χ4n) is 4.40. The first-order chi connectivity index (χ1) is 16.6. The van der Waals surface area contributed by atoms with Crippen molar-refractivity contribution in [2.24, 2.45) is 0 Å². The number of barbiturate groups is 1. The third-order valence-electron chi connectivity index (χ3n) is 6.17. The van der Waals surface area contributed by atoms with Gasteiger partial charge >= 0.3 is 12.0 Å². The highest BCUT2D eigenvalue weighted by Crippen LogP contribution is 2.29. The van der Waals surface area contributed by atoms with E-state index in [1.807, 2.05) is 50.5 Å². The first-order valence-electron chi connectivity index (χ1n) is 11.2. The van der Waals surface area contributed by atoms with Crippen molar-refractivity contribution in [1.82, 2.24) is 9.88 Å². The van der Waals surface area contributed by atoms with Crippen LogP contribution in [0.2, 0.25) is 0 Å². The van der Waals surface area contributed by atoms with E-state index in [2.05, 4.69) is 5.32 Å². The summed E-state index contributed by atoms with van der Waals surface area (Å²) in [5.74, 6) is -2.44. The fourth-order valence-corrected chi connectivity index (χ4v) is 4.40. The molecule has 1 aliphatic heterocycles. The van der Waals surface area contributed by atoms with Crippen LogP contribution in [0.3, 0.4) is 0 Å². The van der Waals surface area contributed by atoms with Gasteiger partial charge in [0.2, 0.25) is 0 Å². The minimum absolute atomic E-state index is 0.145. The van der Waals surface area contributed by atoms with E-state index in [0.717, 1.165) is 33.1 Å². The molecule has 0 aliphatic carbocycles. The number of benzene rings is 2. The minimum Gasteiger partial charge on any atom is -0.478 e. The van der Waals surface area contributed by atoms with Crippen LogP contribution < -0.4 is 10.2 Å². The van der Waals surface area contributed by atoms with Gasteiger partial charge in [-0.3, -0.25) is 14.9 Å². The van der Waals surface area contributed by atoms with Crippen LogP contribution in [0.4, 0.5) is 10.5 Å². The Morgan fingerprint density at radius 1 is 1.00 bits per heavy atom. The van der Waals surface area contributed by atoms with Crippen molar-refractivity contribution in [3.05, 3.63) is 87.7 Å². The van der Waals surface area contributed by atoms with E-state index >= 15 is 0 Å². The first kappa shape index (κ1) is 23.7. The molecule has 35 heavy (non-hydrogen) atoms. The molecule has 3 aromatic rings. The van der Waals surface area contributed by atoms with Gasteiger partial charge < -0.3 is 9.67 Å². The molecule has 1 aliphatic rings. The van der Waals surface area contributed by atoms with Crippen molar-refractivity contribution in [3.63, 3.8) is 0 Å². The van der Waals surface area contributed by atoms with Crippen molar-refractivity contribution >= 4 is 35.6 Å². The number of nitrogens with one attached hydrogen (secondary N) is 1. The van der Waals surface area contributed by atoms with Crippen molar-refractivity contribution in [2.75, 3.05) is 4.90 Å². The van der Waals surface area contributed by atoms with E-state index in [0.29, 0.717) is 17.7 Å². The second-order valence-electron chi connectivity index (χ2n) is 8.41. The lowest BCUT2D eigenvalue weighted by atomic mass is 10.0. The van der Waals surface area contributed by atoms with E-state index in [9.17, 15) is 24.3 Å². The molecular weight excluding hydrogens is 446 g/mol. The molecule has 8 nitrogen and oxygen atoms in total. The molecule has 0 radical (unpaired) electrons. The van der Waals surface area contributed by atoms with Gasteiger partial charge in [0.1, 0.15) is 5.57 Å². The maximum atomic E-state index is 13.4. The number of carbonyl (C=O) groups is 4. The van der Waals surface area contributed by atoms with Gasteiger partial charge in [0, 0.05) is 17.1 Å². The largest absolute Gasteiger partial charge is 0.478 e. The number of aromatic carboxylic acids is 1. The summed E-state index contributed by atoms with van der Waals surface area (Å²) in [5.41, 5.74) is 5.10. The number of imide groups is 2. The fraction of sp³-hybridized carbons (Fsp3) is 0.185. The third-order valence-corrected chi connectivity index (χ3v) is 6.17. The standard InChI is InChI=1S/C27H25N3O5/c1-5-18-8-6-7-9-23(18)30-25(32)21(24(31)28-27(30)35)14-20-13-16(3)29(17(20)4)22-11-10-19(26(33)34)12-15(22)2/h6-14H,5H2,1-4H3,(H,33,34)(H,28,31,35)/b21-14+. The average Bonchev–Trinajstić information content (AvgIpc) is 3.09. The van der Waals surface area contributed by atoms with Crippen LogP contribution in [0.1, 0.15) is 45.4 Å². The van der Waals surface area contributed by atoms with Gasteiger partial charge in [0.05, 0.1) is 11.3 Å². The average molecular weight is 472 g/mol. The number of anilines is 1. The number of carbonyl (C=O) groups excluding carboxylic acids is 3. The molecule has 4 amide bonds. The Labute approximate surface area is 202 Å². The highest BCUT2D eigenvalue weighted by atomic mass is 16.4. The zero-order chi connectivity index (χ0) is 25.4. The molecule has 0 bridgehead atoms. The zero-order valence-corrected chi connectivity index (χ0v) is 19.9. The van der Waals surface area contributed by atoms with Crippen LogP contribution in [0.15, 0.2) is 54.1 Å². The van der Waals surface area contributed by atoms with Gasteiger partial charge in [-0.1, -0.05) is 25.1 Å². The Kier molecular flexibility index (Phi) is 6.13. The van der Waals surface area contributed by atoms with E-state index in [-0.39, 0.29) is 11.1 Å². The lowest BCUT2D eigenvalue weighted by Gasteiger charge is -2.28. The Morgan fingerprint density at radius 2 is 1.71 bits per heavy atom. The monoisotopic (exact) mass is 471 g/mol. The molecule has 0 atom stereocenters. The maximum Gasteiger partial charge on any atom is 0.335 e. The third kappa shape index (κ3) is 4.14. The number of amides is 4. The van der Waals surface area contributed by atoms with Gasteiger partial charge in [0.25, 0.3) is 11.8 Å². The minimum atomic E-state index is -1.00. The number of aryl methyl sites for hydroxylation is 3. The van der Waals surface area contributed by atoms with Gasteiger partial charge in [-0.15, -0.1) is 0 Å². The number of carboxylic acids is 1. The smallest absolute Gasteiger partial charge is 0.335 e. The zero-order valence-electron chi connectivity index (χ0n) is 19.9. The molecule has 0 spiro atoms. The summed E-state index contributed by atoms with van der Waals surface area (Å²) in [7, 11) is 0. The quantitative estimate of drug-likeness (QED) is 0.425. The number of urea groups is 1. The molecular formula is C27H25N3O5. The van der Waals surface area contributed by atoms with Crippen LogP contribution in [0.25, 0.3) is 11.8 Å². The Hall–Kier alpha value is -4.46. The van der Waals surface area contributed by atoms with Crippen molar-refractivity contribution in [3.8, 4) is 5.69 Å². The molecule has 2 heterocycles. The Balaban J connectivity index is 1.78. The lowest BCUT2D eigenvalue weighted by molar-refractivity contribution is -0.122. The topological polar surface area (TPSA) is 109 Å². The van der Waals surface area contributed by atoms with E-state index in [4.69, 9.17) is 0 Å². The predicted octanol–water partition coefficient (Wildman–Crippen LogP) is 4.33. The molecule has 178 valence electrons. The molecule has 0 saturated carbocycles. The predicted molar refractivity (Wildman–Crippen MR) is 132 cm³/mol. The summed E-state index contributed by atoms with van der Waals surface area (Å²) in [6.45, 7) is 7.48. The van der Waals surface area contributed by atoms with Crippen LogP contribution >= 0.6 is 0 Å². The molecule has 1 aromatic heterocycles. The number of aromatic nitrogens is 1. The van der Waals surface area contributed by atoms with Crippen LogP contribution in [-0.2, 0) is 16.0 Å². The first-order valence-corrected chi connectivity index (χ1v) is 11.2.